The zero-order chi connectivity index (χ0) is 13.3. The van der Waals surface area contributed by atoms with Gasteiger partial charge >= 0.3 is 0 Å². The molecule has 2 aliphatic rings. The summed E-state index contributed by atoms with van der Waals surface area (Å²) < 4.78 is 11.5. The number of ether oxygens (including phenoxy) is 2. The van der Waals surface area contributed by atoms with Gasteiger partial charge in [0, 0.05) is 0 Å². The van der Waals surface area contributed by atoms with Crippen LogP contribution in [0, 0.1) is 5.92 Å². The van der Waals surface area contributed by atoms with E-state index in [1.807, 2.05) is 0 Å². The number of aliphatic hydroxyl groups is 1. The van der Waals surface area contributed by atoms with E-state index in [9.17, 15) is 5.11 Å². The van der Waals surface area contributed by atoms with Crippen molar-refractivity contribution in [1.82, 2.24) is 0 Å². The van der Waals surface area contributed by atoms with Crippen molar-refractivity contribution in [1.29, 1.82) is 0 Å². The number of hydrogen-bond donors (Lipinski definition) is 1. The topological polar surface area (TPSA) is 38.7 Å². The highest BCUT2D eigenvalue weighted by atomic mass is 28.3. The standard InChI is InChI=1S/C14H24O3Si/c1-5-7-16-14-12-10(6-8-17-14)9-11(15)13(12)18(2,3)4/h5,10-11,14-15H,1,6-9H2,2-4H3/t10-,11+,14+/m1/s1. The van der Waals surface area contributed by atoms with Gasteiger partial charge in [0.05, 0.1) is 27.4 Å². The number of hydrogen-bond acceptors (Lipinski definition) is 3. The molecule has 1 aliphatic carbocycles. The maximum atomic E-state index is 10.3. The van der Waals surface area contributed by atoms with Crippen LogP contribution in [0.5, 0.6) is 0 Å². The van der Waals surface area contributed by atoms with Crippen molar-refractivity contribution in [3.05, 3.63) is 23.4 Å². The van der Waals surface area contributed by atoms with Crippen molar-refractivity contribution in [2.45, 2.75) is 44.9 Å². The van der Waals surface area contributed by atoms with E-state index in [2.05, 4.69) is 26.2 Å². The van der Waals surface area contributed by atoms with Gasteiger partial charge in [-0.3, -0.25) is 0 Å². The summed E-state index contributed by atoms with van der Waals surface area (Å²) in [5, 5.41) is 11.6. The van der Waals surface area contributed by atoms with Gasteiger partial charge in [-0.25, -0.2) is 0 Å². The summed E-state index contributed by atoms with van der Waals surface area (Å²) in [6.45, 7) is 11.7. The molecule has 0 bridgehead atoms. The van der Waals surface area contributed by atoms with E-state index in [0.717, 1.165) is 19.4 Å². The van der Waals surface area contributed by atoms with E-state index in [1.54, 1.807) is 6.08 Å². The Bertz CT molecular complexity index is 357. The molecule has 0 saturated carbocycles. The van der Waals surface area contributed by atoms with Gasteiger partial charge in [-0.05, 0) is 29.5 Å². The average Bonchev–Trinajstić information content (AvgIpc) is 2.62. The highest BCUT2D eigenvalue weighted by molar-refractivity contribution is 6.83. The molecule has 0 aromatic rings. The predicted octanol–water partition coefficient (Wildman–Crippen LogP) is 2.49. The first-order valence-electron chi connectivity index (χ1n) is 6.71. The van der Waals surface area contributed by atoms with Gasteiger partial charge in [-0.15, -0.1) is 6.58 Å². The van der Waals surface area contributed by atoms with Gasteiger partial charge in [0.15, 0.2) is 6.29 Å². The minimum atomic E-state index is -1.53. The molecule has 3 atom stereocenters. The summed E-state index contributed by atoms with van der Waals surface area (Å²) >= 11 is 0. The van der Waals surface area contributed by atoms with Gasteiger partial charge in [-0.2, -0.15) is 0 Å². The van der Waals surface area contributed by atoms with Crippen LogP contribution in [0.2, 0.25) is 19.6 Å². The Morgan fingerprint density at radius 3 is 2.83 bits per heavy atom. The summed E-state index contributed by atoms with van der Waals surface area (Å²) in [6, 6.07) is 0. The first-order valence-corrected chi connectivity index (χ1v) is 10.2. The Balaban J connectivity index is 2.32. The van der Waals surface area contributed by atoms with Crippen molar-refractivity contribution in [3.63, 3.8) is 0 Å². The third kappa shape index (κ3) is 2.62. The molecule has 1 N–H and O–H groups in total. The maximum absolute atomic E-state index is 10.3. The number of aliphatic hydroxyl groups excluding tert-OH is 1. The van der Waals surface area contributed by atoms with Gasteiger partial charge in [0.2, 0.25) is 0 Å². The summed E-state index contributed by atoms with van der Waals surface area (Å²) in [4.78, 5) is 0. The Kier molecular flexibility index (Phi) is 4.11. The maximum Gasteiger partial charge on any atom is 0.180 e. The zero-order valence-electron chi connectivity index (χ0n) is 11.6. The lowest BCUT2D eigenvalue weighted by Gasteiger charge is -2.32. The quantitative estimate of drug-likeness (QED) is 0.629. The molecule has 0 radical (unpaired) electrons. The van der Waals surface area contributed by atoms with E-state index in [-0.39, 0.29) is 12.4 Å². The fraction of sp³-hybridized carbons (Fsp3) is 0.714. The molecule has 4 heteroatoms. The first kappa shape index (κ1) is 14.0. The third-order valence-corrected chi connectivity index (χ3v) is 5.99. The van der Waals surface area contributed by atoms with Crippen LogP contribution in [0.15, 0.2) is 23.4 Å². The minimum absolute atomic E-state index is 0.263. The Morgan fingerprint density at radius 2 is 2.22 bits per heavy atom. The SMILES string of the molecule is C=CCO[C@H]1OCC[C@@H]2C[C@H](O)C([Si](C)(C)C)=C21. The second-order valence-corrected chi connectivity index (χ2v) is 11.2. The average molecular weight is 268 g/mol. The van der Waals surface area contributed by atoms with Crippen LogP contribution in [0.25, 0.3) is 0 Å². The minimum Gasteiger partial charge on any atom is -0.389 e. The molecule has 0 unspecified atom stereocenters. The highest BCUT2D eigenvalue weighted by Gasteiger charge is 2.43. The van der Waals surface area contributed by atoms with Gasteiger partial charge in [0.25, 0.3) is 0 Å². The molecule has 18 heavy (non-hydrogen) atoms. The lowest BCUT2D eigenvalue weighted by molar-refractivity contribution is -0.132. The first-order chi connectivity index (χ1) is 8.45. The van der Waals surface area contributed by atoms with E-state index in [1.165, 1.54) is 10.8 Å². The van der Waals surface area contributed by atoms with Crippen molar-refractivity contribution in [3.8, 4) is 0 Å². The summed E-state index contributed by atoms with van der Waals surface area (Å²) in [5.74, 6) is 0.449. The summed E-state index contributed by atoms with van der Waals surface area (Å²) in [6.07, 6.45) is 3.06. The van der Waals surface area contributed by atoms with Crippen LogP contribution in [-0.2, 0) is 9.47 Å². The van der Waals surface area contributed by atoms with Crippen LogP contribution >= 0.6 is 0 Å². The molecule has 1 aliphatic heterocycles. The van der Waals surface area contributed by atoms with E-state index < -0.39 is 8.07 Å². The molecular weight excluding hydrogens is 244 g/mol. The molecule has 0 aromatic heterocycles. The van der Waals surface area contributed by atoms with Crippen LogP contribution in [0.1, 0.15) is 12.8 Å². The fourth-order valence-corrected chi connectivity index (χ4v) is 5.46. The molecule has 1 saturated heterocycles. The van der Waals surface area contributed by atoms with Gasteiger partial charge < -0.3 is 14.6 Å². The highest BCUT2D eigenvalue weighted by Crippen LogP contribution is 2.43. The van der Waals surface area contributed by atoms with E-state index in [4.69, 9.17) is 9.47 Å². The fourth-order valence-electron chi connectivity index (χ4n) is 3.15. The van der Waals surface area contributed by atoms with E-state index in [0.29, 0.717) is 12.5 Å². The normalized spacial score (nSPS) is 32.6. The predicted molar refractivity (Wildman–Crippen MR) is 75.0 cm³/mol. The molecule has 0 spiro atoms. The van der Waals surface area contributed by atoms with Crippen LogP contribution in [0.3, 0.4) is 0 Å². The Labute approximate surface area is 110 Å². The lowest BCUT2D eigenvalue weighted by atomic mass is 9.95. The van der Waals surface area contributed by atoms with Crippen LogP contribution < -0.4 is 0 Å². The summed E-state index contributed by atoms with van der Waals surface area (Å²) in [7, 11) is -1.53. The molecule has 0 amide bonds. The van der Waals surface area contributed by atoms with Crippen molar-refractivity contribution in [2.24, 2.45) is 5.92 Å². The van der Waals surface area contributed by atoms with Crippen LogP contribution in [0.4, 0.5) is 0 Å². The van der Waals surface area contributed by atoms with Crippen molar-refractivity contribution in [2.75, 3.05) is 13.2 Å². The largest absolute Gasteiger partial charge is 0.389 e. The van der Waals surface area contributed by atoms with Crippen LogP contribution in [-0.4, -0.2) is 38.8 Å². The number of fused-ring (bicyclic) bond motifs is 1. The smallest absolute Gasteiger partial charge is 0.180 e. The molecule has 0 aromatic carbocycles. The van der Waals surface area contributed by atoms with Crippen molar-refractivity contribution < 1.29 is 14.6 Å². The molecule has 102 valence electrons. The summed E-state index contributed by atoms with van der Waals surface area (Å²) in [5.41, 5.74) is 1.25. The molecular formula is C14H24O3Si. The Morgan fingerprint density at radius 1 is 1.50 bits per heavy atom. The monoisotopic (exact) mass is 268 g/mol. The second-order valence-electron chi connectivity index (χ2n) is 6.18. The third-order valence-electron chi connectivity index (χ3n) is 3.75. The van der Waals surface area contributed by atoms with Gasteiger partial charge in [0.1, 0.15) is 0 Å². The number of rotatable bonds is 4. The lowest BCUT2D eigenvalue weighted by Crippen LogP contribution is -2.35. The molecule has 1 fully saturated rings. The molecule has 3 nitrogen and oxygen atoms in total. The second kappa shape index (κ2) is 5.29. The molecule has 2 rings (SSSR count). The van der Waals surface area contributed by atoms with Gasteiger partial charge in [-0.1, -0.05) is 25.7 Å². The zero-order valence-corrected chi connectivity index (χ0v) is 12.6. The molecule has 1 heterocycles. The van der Waals surface area contributed by atoms with Crippen molar-refractivity contribution >= 4 is 8.07 Å². The Hall–Kier alpha value is -0.423. The van der Waals surface area contributed by atoms with E-state index >= 15 is 0 Å².